The van der Waals surface area contributed by atoms with Crippen molar-refractivity contribution in [2.24, 2.45) is 5.73 Å². The maximum Gasteiger partial charge on any atom is 0.120 e. The Morgan fingerprint density at radius 3 is 2.78 bits per heavy atom. The normalized spacial score (nSPS) is 17.6. The molecule has 0 amide bonds. The first-order valence-corrected chi connectivity index (χ1v) is 6.55. The average molecular weight is 249 g/mol. The van der Waals surface area contributed by atoms with Gasteiger partial charge in [0.25, 0.3) is 0 Å². The minimum atomic E-state index is 0.575. The Kier molecular flexibility index (Phi) is 4.44. The number of methoxy groups -OCH3 is 1. The van der Waals surface area contributed by atoms with Crippen LogP contribution in [0.2, 0.25) is 0 Å². The molecule has 1 fully saturated rings. The largest absolute Gasteiger partial charge is 0.497 e. The van der Waals surface area contributed by atoms with Gasteiger partial charge < -0.3 is 20.3 Å². The fourth-order valence-corrected chi connectivity index (χ4v) is 2.43. The van der Waals surface area contributed by atoms with Crippen molar-refractivity contribution in [1.29, 1.82) is 0 Å². The summed E-state index contributed by atoms with van der Waals surface area (Å²) in [6.07, 6.45) is 1.19. The molecule has 4 nitrogen and oxygen atoms in total. The summed E-state index contributed by atoms with van der Waals surface area (Å²) in [5.41, 5.74) is 8.26. The van der Waals surface area contributed by atoms with Crippen molar-refractivity contribution in [2.75, 3.05) is 45.2 Å². The Bertz CT molecular complexity index is 395. The van der Waals surface area contributed by atoms with Crippen LogP contribution in [0.4, 0.5) is 5.69 Å². The van der Waals surface area contributed by atoms with Crippen molar-refractivity contribution in [3.05, 3.63) is 23.8 Å². The van der Waals surface area contributed by atoms with Crippen molar-refractivity contribution >= 4 is 5.69 Å². The highest BCUT2D eigenvalue weighted by atomic mass is 16.5. The third-order valence-electron chi connectivity index (χ3n) is 3.57. The van der Waals surface area contributed by atoms with Crippen molar-refractivity contribution in [1.82, 2.24) is 4.90 Å². The number of ether oxygens (including phenoxy) is 1. The van der Waals surface area contributed by atoms with Gasteiger partial charge in [-0.15, -0.1) is 0 Å². The van der Waals surface area contributed by atoms with Crippen LogP contribution in [0.3, 0.4) is 0 Å². The number of benzene rings is 1. The van der Waals surface area contributed by atoms with E-state index in [2.05, 4.69) is 29.0 Å². The van der Waals surface area contributed by atoms with Gasteiger partial charge in [0, 0.05) is 37.9 Å². The zero-order valence-corrected chi connectivity index (χ0v) is 11.4. The van der Waals surface area contributed by atoms with Crippen LogP contribution in [0.1, 0.15) is 12.0 Å². The van der Waals surface area contributed by atoms with Crippen LogP contribution in [0, 0.1) is 0 Å². The Balaban J connectivity index is 2.24. The Morgan fingerprint density at radius 1 is 1.22 bits per heavy atom. The van der Waals surface area contributed by atoms with Crippen molar-refractivity contribution in [3.8, 4) is 5.75 Å². The molecular formula is C14H23N3O. The lowest BCUT2D eigenvalue weighted by molar-refractivity contribution is 0.360. The maximum atomic E-state index is 5.84. The van der Waals surface area contributed by atoms with Crippen LogP contribution in [0.15, 0.2) is 18.2 Å². The second kappa shape index (κ2) is 6.07. The van der Waals surface area contributed by atoms with Gasteiger partial charge in [-0.3, -0.25) is 0 Å². The van der Waals surface area contributed by atoms with Gasteiger partial charge in [-0.05, 0) is 31.6 Å². The second-order valence-electron chi connectivity index (χ2n) is 4.84. The topological polar surface area (TPSA) is 41.7 Å². The van der Waals surface area contributed by atoms with Gasteiger partial charge in [-0.1, -0.05) is 6.07 Å². The molecule has 4 heteroatoms. The lowest BCUT2D eigenvalue weighted by Crippen LogP contribution is -2.29. The third-order valence-corrected chi connectivity index (χ3v) is 3.57. The summed E-state index contributed by atoms with van der Waals surface area (Å²) in [6.45, 7) is 4.98. The van der Waals surface area contributed by atoms with Gasteiger partial charge in [0.2, 0.25) is 0 Å². The molecule has 0 atom stereocenters. The Hall–Kier alpha value is -1.26. The van der Waals surface area contributed by atoms with Gasteiger partial charge in [0.1, 0.15) is 5.75 Å². The van der Waals surface area contributed by atoms with E-state index in [0.29, 0.717) is 6.54 Å². The smallest absolute Gasteiger partial charge is 0.120 e. The predicted molar refractivity (Wildman–Crippen MR) is 75.2 cm³/mol. The van der Waals surface area contributed by atoms with Crippen molar-refractivity contribution in [2.45, 2.75) is 13.0 Å². The highest BCUT2D eigenvalue weighted by Crippen LogP contribution is 2.26. The number of anilines is 1. The van der Waals surface area contributed by atoms with Crippen LogP contribution >= 0.6 is 0 Å². The van der Waals surface area contributed by atoms with E-state index in [4.69, 9.17) is 10.5 Å². The van der Waals surface area contributed by atoms with Crippen LogP contribution in [0.25, 0.3) is 0 Å². The first-order chi connectivity index (χ1) is 8.74. The first-order valence-electron chi connectivity index (χ1n) is 6.55. The summed E-state index contributed by atoms with van der Waals surface area (Å²) in [7, 11) is 3.89. The van der Waals surface area contributed by atoms with E-state index >= 15 is 0 Å². The fourth-order valence-electron chi connectivity index (χ4n) is 2.43. The second-order valence-corrected chi connectivity index (χ2v) is 4.84. The SMILES string of the molecule is COc1ccc(CN)c(N2CCCN(C)CC2)c1. The molecule has 0 saturated carbocycles. The van der Waals surface area contributed by atoms with E-state index in [0.717, 1.165) is 25.4 Å². The highest BCUT2D eigenvalue weighted by molar-refractivity contribution is 5.57. The molecule has 0 unspecified atom stereocenters. The average Bonchev–Trinajstić information content (AvgIpc) is 2.62. The molecule has 0 aromatic heterocycles. The minimum absolute atomic E-state index is 0.575. The maximum absolute atomic E-state index is 5.84. The summed E-state index contributed by atoms with van der Waals surface area (Å²) in [6, 6.07) is 6.16. The van der Waals surface area contributed by atoms with Gasteiger partial charge in [-0.25, -0.2) is 0 Å². The minimum Gasteiger partial charge on any atom is -0.497 e. The van der Waals surface area contributed by atoms with Crippen LogP contribution in [-0.2, 0) is 6.54 Å². The number of hydrogen-bond acceptors (Lipinski definition) is 4. The summed E-state index contributed by atoms with van der Waals surface area (Å²) in [4.78, 5) is 4.80. The molecule has 0 radical (unpaired) electrons. The number of hydrogen-bond donors (Lipinski definition) is 1. The van der Waals surface area contributed by atoms with Crippen LogP contribution in [0.5, 0.6) is 5.75 Å². The molecule has 0 spiro atoms. The molecule has 2 rings (SSSR count). The summed E-state index contributed by atoms with van der Waals surface area (Å²) in [5, 5.41) is 0. The fraction of sp³-hybridized carbons (Fsp3) is 0.571. The first kappa shape index (κ1) is 13.2. The lowest BCUT2D eigenvalue weighted by atomic mass is 10.1. The van der Waals surface area contributed by atoms with Crippen molar-refractivity contribution < 1.29 is 4.74 Å². The van der Waals surface area contributed by atoms with E-state index in [1.165, 1.54) is 24.2 Å². The molecule has 100 valence electrons. The van der Waals surface area contributed by atoms with E-state index in [9.17, 15) is 0 Å². The Morgan fingerprint density at radius 2 is 2.06 bits per heavy atom. The number of likely N-dealkylation sites (N-methyl/N-ethyl adjacent to an activating group) is 1. The molecule has 1 heterocycles. The molecule has 1 aromatic rings. The van der Waals surface area contributed by atoms with E-state index in [1.54, 1.807) is 7.11 Å². The third kappa shape index (κ3) is 2.94. The van der Waals surface area contributed by atoms with E-state index < -0.39 is 0 Å². The molecule has 1 aliphatic rings. The van der Waals surface area contributed by atoms with Crippen molar-refractivity contribution in [3.63, 3.8) is 0 Å². The zero-order valence-electron chi connectivity index (χ0n) is 11.4. The summed E-state index contributed by atoms with van der Waals surface area (Å²) < 4.78 is 5.32. The molecule has 18 heavy (non-hydrogen) atoms. The molecule has 0 bridgehead atoms. The van der Waals surface area contributed by atoms with Crippen LogP contribution < -0.4 is 15.4 Å². The van der Waals surface area contributed by atoms with E-state index in [1.807, 2.05) is 6.07 Å². The molecule has 1 saturated heterocycles. The predicted octanol–water partition coefficient (Wildman–Crippen LogP) is 1.30. The quantitative estimate of drug-likeness (QED) is 0.876. The lowest BCUT2D eigenvalue weighted by Gasteiger charge is -2.25. The molecule has 2 N–H and O–H groups in total. The van der Waals surface area contributed by atoms with E-state index in [-0.39, 0.29) is 0 Å². The van der Waals surface area contributed by atoms with Gasteiger partial charge in [0.15, 0.2) is 0 Å². The standard InChI is InChI=1S/C14H23N3O/c1-16-6-3-7-17(9-8-16)14-10-13(18-2)5-4-12(14)11-15/h4-5,10H,3,6-9,11,15H2,1-2H3. The molecular weight excluding hydrogens is 226 g/mol. The van der Waals surface area contributed by atoms with Gasteiger partial charge in [0.05, 0.1) is 7.11 Å². The number of nitrogens with zero attached hydrogens (tertiary/aromatic N) is 2. The monoisotopic (exact) mass is 249 g/mol. The Labute approximate surface area is 109 Å². The van der Waals surface area contributed by atoms with Gasteiger partial charge in [-0.2, -0.15) is 0 Å². The summed E-state index contributed by atoms with van der Waals surface area (Å²) >= 11 is 0. The zero-order chi connectivity index (χ0) is 13.0. The summed E-state index contributed by atoms with van der Waals surface area (Å²) in [5.74, 6) is 0.903. The molecule has 1 aliphatic heterocycles. The highest BCUT2D eigenvalue weighted by Gasteiger charge is 2.15. The molecule has 0 aliphatic carbocycles. The number of rotatable bonds is 3. The van der Waals surface area contributed by atoms with Gasteiger partial charge >= 0.3 is 0 Å². The number of nitrogens with two attached hydrogens (primary N) is 1. The van der Waals surface area contributed by atoms with Crippen LogP contribution in [-0.4, -0.2) is 45.2 Å². The molecule has 1 aromatic carbocycles.